The van der Waals surface area contributed by atoms with Gasteiger partial charge in [0.2, 0.25) is 0 Å². The van der Waals surface area contributed by atoms with Crippen LogP contribution in [0.2, 0.25) is 0 Å². The van der Waals surface area contributed by atoms with Crippen LogP contribution in [0.3, 0.4) is 0 Å². The molecule has 318 valence electrons. The molecule has 12 rings (SSSR count). The Morgan fingerprint density at radius 3 is 1.70 bits per heavy atom. The molecule has 1 aromatic heterocycles. The van der Waals surface area contributed by atoms with Gasteiger partial charge in [-0.15, -0.1) is 0 Å². The Labute approximate surface area is 392 Å². The number of hydrogen-bond donors (Lipinski definition) is 0. The zero-order valence-corrected chi connectivity index (χ0v) is 37.4. The highest BCUT2D eigenvalue weighted by molar-refractivity contribution is 6.12. The van der Waals surface area contributed by atoms with Crippen molar-refractivity contribution in [1.29, 1.82) is 0 Å². The minimum Gasteiger partial charge on any atom is -0.313 e. The van der Waals surface area contributed by atoms with Gasteiger partial charge in [0.25, 0.3) is 0 Å². The third-order valence-electron chi connectivity index (χ3n) is 13.5. The first kappa shape index (κ1) is 40.1. The van der Waals surface area contributed by atoms with Crippen LogP contribution in [0.25, 0.3) is 93.9 Å². The molecule has 0 saturated heterocycles. The SMILES string of the molecule is CC1C=CC=C(n2c3ccccc3c3cc(-c4ccc(N(c5ccc(-c6ccccc6)cc5-c5ccccc5)c5ccccc5-c5cccc6cccc(-c7ccccc7)c56)cc4)ccc32)C1. The van der Waals surface area contributed by atoms with E-state index < -0.39 is 0 Å². The van der Waals surface area contributed by atoms with Gasteiger partial charge in [0.15, 0.2) is 0 Å². The zero-order chi connectivity index (χ0) is 44.7. The fourth-order valence-corrected chi connectivity index (χ4v) is 10.4. The molecule has 2 heteroatoms. The number of nitrogens with zero attached hydrogens (tertiary/aromatic N) is 2. The summed E-state index contributed by atoms with van der Waals surface area (Å²) in [5.41, 5.74) is 18.9. The summed E-state index contributed by atoms with van der Waals surface area (Å²) >= 11 is 0. The Kier molecular flexibility index (Phi) is 10.3. The molecule has 0 N–H and O–H groups in total. The number of allylic oxidation sites excluding steroid dienone is 4. The van der Waals surface area contributed by atoms with Crippen molar-refractivity contribution in [1.82, 2.24) is 4.57 Å². The normalized spacial score (nSPS) is 13.6. The average Bonchev–Trinajstić information content (AvgIpc) is 3.73. The van der Waals surface area contributed by atoms with Crippen molar-refractivity contribution < 1.29 is 0 Å². The van der Waals surface area contributed by atoms with Crippen LogP contribution in [-0.2, 0) is 0 Å². The van der Waals surface area contributed by atoms with Gasteiger partial charge >= 0.3 is 0 Å². The summed E-state index contributed by atoms with van der Waals surface area (Å²) in [6.07, 6.45) is 7.81. The molecule has 0 bridgehead atoms. The van der Waals surface area contributed by atoms with E-state index in [1.54, 1.807) is 0 Å². The molecule has 0 saturated carbocycles. The van der Waals surface area contributed by atoms with Crippen LogP contribution in [0.5, 0.6) is 0 Å². The summed E-state index contributed by atoms with van der Waals surface area (Å²) in [7, 11) is 0. The van der Waals surface area contributed by atoms with E-state index in [0.29, 0.717) is 5.92 Å². The molecular formula is C65H48N2. The van der Waals surface area contributed by atoms with E-state index in [-0.39, 0.29) is 0 Å². The van der Waals surface area contributed by atoms with E-state index in [2.05, 4.69) is 271 Å². The molecular weight excluding hydrogens is 809 g/mol. The van der Waals surface area contributed by atoms with Crippen LogP contribution in [-0.4, -0.2) is 4.57 Å². The monoisotopic (exact) mass is 856 g/mol. The van der Waals surface area contributed by atoms with Crippen molar-refractivity contribution in [3.63, 3.8) is 0 Å². The van der Waals surface area contributed by atoms with Crippen molar-refractivity contribution >= 4 is 55.3 Å². The molecule has 0 aliphatic heterocycles. The molecule has 11 aromatic rings. The number of rotatable bonds is 9. The molecule has 1 heterocycles. The van der Waals surface area contributed by atoms with Gasteiger partial charge < -0.3 is 9.47 Å². The number of para-hydroxylation sites is 2. The molecule has 2 nitrogen and oxygen atoms in total. The maximum atomic E-state index is 2.48. The number of aromatic nitrogens is 1. The topological polar surface area (TPSA) is 8.17 Å². The Morgan fingerprint density at radius 1 is 0.403 bits per heavy atom. The quantitative estimate of drug-likeness (QED) is 0.140. The lowest BCUT2D eigenvalue weighted by atomic mass is 9.90. The molecule has 0 radical (unpaired) electrons. The fourth-order valence-electron chi connectivity index (χ4n) is 10.4. The van der Waals surface area contributed by atoms with Crippen LogP contribution in [0, 0.1) is 5.92 Å². The van der Waals surface area contributed by atoms with E-state index in [0.717, 1.165) is 40.2 Å². The van der Waals surface area contributed by atoms with Crippen molar-refractivity contribution in [2.75, 3.05) is 4.90 Å². The summed E-state index contributed by atoms with van der Waals surface area (Å²) in [6.45, 7) is 2.30. The summed E-state index contributed by atoms with van der Waals surface area (Å²) in [4.78, 5) is 2.48. The molecule has 0 amide bonds. The van der Waals surface area contributed by atoms with Crippen molar-refractivity contribution in [2.24, 2.45) is 5.92 Å². The first-order valence-corrected chi connectivity index (χ1v) is 23.4. The van der Waals surface area contributed by atoms with E-state index in [1.165, 1.54) is 77.2 Å². The highest BCUT2D eigenvalue weighted by Gasteiger charge is 2.23. The minimum atomic E-state index is 0.505. The van der Waals surface area contributed by atoms with Gasteiger partial charge in [-0.3, -0.25) is 0 Å². The molecule has 0 fully saturated rings. The molecule has 67 heavy (non-hydrogen) atoms. The Bertz CT molecular complexity index is 3650. The smallest absolute Gasteiger partial charge is 0.0540 e. The number of benzene rings is 10. The van der Waals surface area contributed by atoms with Crippen LogP contribution >= 0.6 is 0 Å². The summed E-state index contributed by atoms with van der Waals surface area (Å²) in [5.74, 6) is 0.505. The second-order valence-corrected chi connectivity index (χ2v) is 17.7. The third kappa shape index (κ3) is 7.34. The van der Waals surface area contributed by atoms with Gasteiger partial charge in [0, 0.05) is 33.3 Å². The number of fused-ring (bicyclic) bond motifs is 4. The molecule has 10 aromatic carbocycles. The maximum Gasteiger partial charge on any atom is 0.0540 e. The molecule has 1 aliphatic rings. The largest absolute Gasteiger partial charge is 0.313 e. The molecule has 1 unspecified atom stereocenters. The van der Waals surface area contributed by atoms with Gasteiger partial charge in [-0.25, -0.2) is 0 Å². The second kappa shape index (κ2) is 17.2. The Hall–Kier alpha value is -8.46. The Balaban J connectivity index is 1.05. The second-order valence-electron chi connectivity index (χ2n) is 17.7. The van der Waals surface area contributed by atoms with Crippen LogP contribution in [0.15, 0.2) is 255 Å². The summed E-state index contributed by atoms with van der Waals surface area (Å²) < 4.78 is 2.47. The van der Waals surface area contributed by atoms with Crippen molar-refractivity contribution in [2.45, 2.75) is 13.3 Å². The van der Waals surface area contributed by atoms with E-state index in [1.807, 2.05) is 0 Å². The van der Waals surface area contributed by atoms with Gasteiger partial charge in [0.1, 0.15) is 0 Å². The van der Waals surface area contributed by atoms with Gasteiger partial charge in [-0.1, -0.05) is 207 Å². The zero-order valence-electron chi connectivity index (χ0n) is 37.4. The number of anilines is 3. The highest BCUT2D eigenvalue weighted by atomic mass is 15.1. The average molecular weight is 857 g/mol. The summed E-state index contributed by atoms with van der Waals surface area (Å²) in [5, 5.41) is 5.00. The van der Waals surface area contributed by atoms with E-state index in [4.69, 9.17) is 0 Å². The van der Waals surface area contributed by atoms with Crippen molar-refractivity contribution in [3.05, 3.63) is 255 Å². The first-order chi connectivity index (χ1) is 33.2. The molecule has 1 aliphatic carbocycles. The van der Waals surface area contributed by atoms with E-state index in [9.17, 15) is 0 Å². The minimum absolute atomic E-state index is 0.505. The number of hydrogen-bond acceptors (Lipinski definition) is 1. The lowest BCUT2D eigenvalue weighted by molar-refractivity contribution is 0.730. The van der Waals surface area contributed by atoms with Gasteiger partial charge in [-0.2, -0.15) is 0 Å². The van der Waals surface area contributed by atoms with Gasteiger partial charge in [-0.05, 0) is 122 Å². The third-order valence-corrected chi connectivity index (χ3v) is 13.5. The molecule has 1 atom stereocenters. The lowest BCUT2D eigenvalue weighted by Gasteiger charge is -2.31. The van der Waals surface area contributed by atoms with E-state index >= 15 is 0 Å². The van der Waals surface area contributed by atoms with Crippen LogP contribution in [0.1, 0.15) is 13.3 Å². The Morgan fingerprint density at radius 2 is 0.955 bits per heavy atom. The maximum absolute atomic E-state index is 2.48. The fraction of sp³-hybridized carbons (Fsp3) is 0.0462. The van der Waals surface area contributed by atoms with Crippen molar-refractivity contribution in [3.8, 4) is 55.6 Å². The first-order valence-electron chi connectivity index (χ1n) is 23.4. The lowest BCUT2D eigenvalue weighted by Crippen LogP contribution is -2.12. The van der Waals surface area contributed by atoms with Crippen LogP contribution in [0.4, 0.5) is 17.1 Å². The predicted octanol–water partition coefficient (Wildman–Crippen LogP) is 18.2. The standard InChI is InChI=1S/C65H48N2/c1-45-18-15-27-54(42-45)67-62-33-14-12-29-57(62)60-44-52(37-41-64(60)67)47-34-38-53(39-35-47)66(63-40-36-51(46-19-5-2-6-20-46)43-59(63)49-23-9-4-10-24-49)61-32-13-11-28-56(61)58-31-17-26-50-25-16-30-55(65(50)58)48-21-7-3-8-22-48/h2-41,43-45H,42H2,1H3. The summed E-state index contributed by atoms with van der Waals surface area (Å²) in [6, 6.07) is 86.7. The predicted molar refractivity (Wildman–Crippen MR) is 286 cm³/mol. The highest BCUT2D eigenvalue weighted by Crippen LogP contribution is 2.48. The van der Waals surface area contributed by atoms with Crippen LogP contribution < -0.4 is 4.90 Å². The molecule has 0 spiro atoms. The van der Waals surface area contributed by atoms with Gasteiger partial charge in [0.05, 0.1) is 22.4 Å².